The number of nitrogens with two attached hydrogens (primary N) is 1. The second-order valence-electron chi connectivity index (χ2n) is 3.17. The summed E-state index contributed by atoms with van der Waals surface area (Å²) in [5, 5.41) is 2.54. The second kappa shape index (κ2) is 7.99. The van der Waals surface area contributed by atoms with Crippen molar-refractivity contribution in [1.82, 2.24) is 5.32 Å². The van der Waals surface area contributed by atoms with Crippen LogP contribution in [0.3, 0.4) is 0 Å². The highest BCUT2D eigenvalue weighted by molar-refractivity contribution is 5.81. The van der Waals surface area contributed by atoms with E-state index in [4.69, 9.17) is 5.73 Å². The smallest absolute Gasteiger partial charge is 0.407 e. The van der Waals surface area contributed by atoms with Crippen molar-refractivity contribution in [3.63, 3.8) is 0 Å². The molecule has 0 fully saturated rings. The number of carbonyl (C=O) groups is 2. The molecule has 0 saturated heterocycles. The monoisotopic (exact) mass is 214 g/mol. The molecule has 0 aliphatic heterocycles. The highest BCUT2D eigenvalue weighted by Gasteiger charge is 2.07. The molecule has 0 aromatic carbocycles. The van der Waals surface area contributed by atoms with Gasteiger partial charge >= 0.3 is 6.09 Å². The van der Waals surface area contributed by atoms with E-state index in [0.717, 1.165) is 0 Å². The van der Waals surface area contributed by atoms with E-state index in [-0.39, 0.29) is 12.4 Å². The van der Waals surface area contributed by atoms with Crippen LogP contribution >= 0.6 is 0 Å². The van der Waals surface area contributed by atoms with Gasteiger partial charge in [0.1, 0.15) is 12.4 Å². The number of hydrogen-bond donors (Lipinski definition) is 2. The molecule has 0 aromatic heterocycles. The zero-order valence-corrected chi connectivity index (χ0v) is 8.99. The molecule has 0 aliphatic carbocycles. The maximum Gasteiger partial charge on any atom is 0.407 e. The van der Waals surface area contributed by atoms with Crippen LogP contribution in [0.5, 0.6) is 0 Å². The zero-order chi connectivity index (χ0) is 11.7. The summed E-state index contributed by atoms with van der Waals surface area (Å²) in [4.78, 5) is 21.7. The second-order valence-corrected chi connectivity index (χ2v) is 3.17. The molecule has 0 rings (SSSR count). The Bertz CT molecular complexity index is 229. The molecule has 1 atom stereocenters. The molecule has 15 heavy (non-hydrogen) atoms. The molecule has 0 spiro atoms. The summed E-state index contributed by atoms with van der Waals surface area (Å²) >= 11 is 0. The van der Waals surface area contributed by atoms with E-state index in [1.807, 2.05) is 0 Å². The number of carbonyl (C=O) groups excluding carboxylic acids is 2. The van der Waals surface area contributed by atoms with Gasteiger partial charge in [0.15, 0.2) is 0 Å². The summed E-state index contributed by atoms with van der Waals surface area (Å²) < 4.78 is 4.68. The van der Waals surface area contributed by atoms with Gasteiger partial charge in [0.2, 0.25) is 0 Å². The Balaban J connectivity index is 3.41. The largest absolute Gasteiger partial charge is 0.445 e. The summed E-state index contributed by atoms with van der Waals surface area (Å²) in [5.74, 6) is -0.0377. The first-order chi connectivity index (χ1) is 7.07. The predicted octanol–water partition coefficient (Wildman–Crippen LogP) is 0.595. The van der Waals surface area contributed by atoms with Crippen molar-refractivity contribution in [2.24, 2.45) is 5.73 Å². The third kappa shape index (κ3) is 7.69. The lowest BCUT2D eigenvalue weighted by atomic mass is 10.1. The van der Waals surface area contributed by atoms with E-state index in [1.54, 1.807) is 0 Å². The van der Waals surface area contributed by atoms with Crippen LogP contribution in [-0.2, 0) is 9.53 Å². The standard InChI is InChI=1S/C10H18N2O3/c1-3-7-15-10(14)12-6-4-5-9(11)8(2)13/h3,9H,1,4-7,11H2,2H3,(H,12,14)/t9-/m1/s1. The van der Waals surface area contributed by atoms with Gasteiger partial charge in [0.25, 0.3) is 0 Å². The number of alkyl carbamates (subject to hydrolysis) is 1. The van der Waals surface area contributed by atoms with Crippen molar-refractivity contribution in [3.05, 3.63) is 12.7 Å². The molecular weight excluding hydrogens is 196 g/mol. The van der Waals surface area contributed by atoms with Gasteiger partial charge in [-0.2, -0.15) is 0 Å². The number of amides is 1. The number of ether oxygens (including phenoxy) is 1. The molecule has 3 N–H and O–H groups in total. The van der Waals surface area contributed by atoms with E-state index < -0.39 is 12.1 Å². The Labute approximate surface area is 89.7 Å². The van der Waals surface area contributed by atoms with Crippen LogP contribution in [0.4, 0.5) is 4.79 Å². The van der Waals surface area contributed by atoms with Crippen molar-refractivity contribution in [2.45, 2.75) is 25.8 Å². The first-order valence-corrected chi connectivity index (χ1v) is 4.85. The minimum Gasteiger partial charge on any atom is -0.445 e. The molecule has 5 heteroatoms. The summed E-state index contributed by atoms with van der Waals surface area (Å²) in [6.45, 7) is 5.52. The number of nitrogens with one attached hydrogen (secondary N) is 1. The Kier molecular flexibility index (Phi) is 7.27. The van der Waals surface area contributed by atoms with E-state index >= 15 is 0 Å². The fourth-order valence-corrected chi connectivity index (χ4v) is 0.901. The Morgan fingerprint density at radius 1 is 1.60 bits per heavy atom. The average molecular weight is 214 g/mol. The summed E-state index contributed by atoms with van der Waals surface area (Å²) in [5.41, 5.74) is 5.51. The van der Waals surface area contributed by atoms with Crippen LogP contribution in [0.25, 0.3) is 0 Å². The van der Waals surface area contributed by atoms with Crippen LogP contribution in [0.1, 0.15) is 19.8 Å². The maximum atomic E-state index is 10.9. The normalized spacial score (nSPS) is 11.6. The molecule has 5 nitrogen and oxygen atoms in total. The van der Waals surface area contributed by atoms with Gasteiger partial charge in [-0.1, -0.05) is 12.7 Å². The molecule has 1 amide bonds. The van der Waals surface area contributed by atoms with Crippen LogP contribution < -0.4 is 11.1 Å². The van der Waals surface area contributed by atoms with Crippen LogP contribution in [-0.4, -0.2) is 31.1 Å². The van der Waals surface area contributed by atoms with Gasteiger partial charge in [0.05, 0.1) is 6.04 Å². The van der Waals surface area contributed by atoms with E-state index in [1.165, 1.54) is 13.0 Å². The van der Waals surface area contributed by atoms with E-state index in [0.29, 0.717) is 19.4 Å². The molecule has 0 aliphatic rings. The first kappa shape index (κ1) is 13.6. The topological polar surface area (TPSA) is 81.4 Å². The van der Waals surface area contributed by atoms with Crippen LogP contribution in [0.2, 0.25) is 0 Å². The predicted molar refractivity (Wildman–Crippen MR) is 57.4 cm³/mol. The zero-order valence-electron chi connectivity index (χ0n) is 8.99. The molecule has 0 radical (unpaired) electrons. The highest BCUT2D eigenvalue weighted by Crippen LogP contribution is 1.94. The lowest BCUT2D eigenvalue weighted by molar-refractivity contribution is -0.118. The number of Topliss-reactive ketones (excluding diaryl/α,β-unsaturated/α-hetero) is 1. The minimum absolute atomic E-state index is 0.0377. The molecule has 0 aromatic rings. The molecule has 0 heterocycles. The number of ketones is 1. The summed E-state index contributed by atoms with van der Waals surface area (Å²) in [6, 6.07) is -0.434. The molecular formula is C10H18N2O3. The summed E-state index contributed by atoms with van der Waals surface area (Å²) in [6.07, 6.45) is 2.23. The van der Waals surface area contributed by atoms with E-state index in [9.17, 15) is 9.59 Å². The lowest BCUT2D eigenvalue weighted by Gasteiger charge is -2.08. The Morgan fingerprint density at radius 2 is 2.27 bits per heavy atom. The molecule has 0 unspecified atom stereocenters. The Morgan fingerprint density at radius 3 is 2.80 bits per heavy atom. The van der Waals surface area contributed by atoms with Gasteiger partial charge in [-0.3, -0.25) is 4.79 Å². The number of rotatable bonds is 7. The van der Waals surface area contributed by atoms with Crippen LogP contribution in [0, 0.1) is 0 Å². The highest BCUT2D eigenvalue weighted by atomic mass is 16.5. The molecule has 0 saturated carbocycles. The van der Waals surface area contributed by atoms with E-state index in [2.05, 4.69) is 16.6 Å². The van der Waals surface area contributed by atoms with Crippen LogP contribution in [0.15, 0.2) is 12.7 Å². The SMILES string of the molecule is C=CCOC(=O)NCCC[C@@H](N)C(C)=O. The van der Waals surface area contributed by atoms with Crippen molar-refractivity contribution < 1.29 is 14.3 Å². The van der Waals surface area contributed by atoms with Gasteiger partial charge < -0.3 is 15.8 Å². The summed E-state index contributed by atoms with van der Waals surface area (Å²) in [7, 11) is 0. The molecule has 86 valence electrons. The lowest BCUT2D eigenvalue weighted by Crippen LogP contribution is -2.31. The van der Waals surface area contributed by atoms with Crippen molar-refractivity contribution in [1.29, 1.82) is 0 Å². The van der Waals surface area contributed by atoms with Gasteiger partial charge in [-0.05, 0) is 19.8 Å². The first-order valence-electron chi connectivity index (χ1n) is 4.85. The minimum atomic E-state index is -0.480. The van der Waals surface area contributed by atoms with Crippen molar-refractivity contribution in [2.75, 3.05) is 13.2 Å². The maximum absolute atomic E-state index is 10.9. The molecule has 0 bridgehead atoms. The number of hydrogen-bond acceptors (Lipinski definition) is 4. The average Bonchev–Trinajstić information content (AvgIpc) is 2.20. The quantitative estimate of drug-likeness (QED) is 0.480. The fraction of sp³-hybridized carbons (Fsp3) is 0.600. The fourth-order valence-electron chi connectivity index (χ4n) is 0.901. The third-order valence-electron chi connectivity index (χ3n) is 1.82. The van der Waals surface area contributed by atoms with Crippen molar-refractivity contribution in [3.8, 4) is 0 Å². The Hall–Kier alpha value is -1.36. The van der Waals surface area contributed by atoms with Gasteiger partial charge in [0, 0.05) is 6.54 Å². The van der Waals surface area contributed by atoms with Gasteiger partial charge in [-0.25, -0.2) is 4.79 Å². The van der Waals surface area contributed by atoms with Gasteiger partial charge in [-0.15, -0.1) is 0 Å². The van der Waals surface area contributed by atoms with Crippen molar-refractivity contribution >= 4 is 11.9 Å². The third-order valence-corrected chi connectivity index (χ3v) is 1.82.